The summed E-state index contributed by atoms with van der Waals surface area (Å²) in [5, 5.41) is 6.01. The van der Waals surface area contributed by atoms with Crippen LogP contribution in [0, 0.1) is 0 Å². The average molecular weight is 744 g/mol. The van der Waals surface area contributed by atoms with Crippen LogP contribution in [0.4, 0.5) is 17.1 Å². The van der Waals surface area contributed by atoms with Crippen LogP contribution < -0.4 is 24.8 Å². The number of anilines is 3. The molecule has 2 heterocycles. The SMILES string of the molecule is CCC(=Cc1oc2ccc(C(=O)Nc3ccccc3)cc2[n+]1CCC[N+](C)(C)C)C=C1Oc2ccc(C(=O)Nc3ccccc3)cc2N1CCC[N+](C)(C)C. The van der Waals surface area contributed by atoms with Gasteiger partial charge in [0.05, 0.1) is 73.6 Å². The monoisotopic (exact) mass is 743 g/mol. The van der Waals surface area contributed by atoms with Crippen molar-refractivity contribution in [1.82, 2.24) is 0 Å². The number of hydrogen-bond acceptors (Lipinski definition) is 5. The van der Waals surface area contributed by atoms with E-state index in [0.717, 1.165) is 82.6 Å². The zero-order valence-corrected chi connectivity index (χ0v) is 33.3. The molecule has 0 aliphatic carbocycles. The van der Waals surface area contributed by atoms with E-state index < -0.39 is 0 Å². The molecule has 0 bridgehead atoms. The van der Waals surface area contributed by atoms with E-state index in [4.69, 9.17) is 9.15 Å². The number of fused-ring (bicyclic) bond motifs is 2. The molecule has 0 saturated heterocycles. The number of aryl methyl sites for hydroxylation is 1. The Morgan fingerprint density at radius 1 is 0.745 bits per heavy atom. The predicted octanol–water partition coefficient (Wildman–Crippen LogP) is 7.95. The van der Waals surface area contributed by atoms with Crippen LogP contribution in [-0.2, 0) is 6.54 Å². The molecular weight excluding hydrogens is 689 g/mol. The molecule has 0 spiro atoms. The van der Waals surface area contributed by atoms with Gasteiger partial charge in [-0.3, -0.25) is 9.59 Å². The second-order valence-electron chi connectivity index (χ2n) is 16.1. The Morgan fingerprint density at radius 2 is 1.33 bits per heavy atom. The van der Waals surface area contributed by atoms with Crippen LogP contribution in [0.25, 0.3) is 17.2 Å². The van der Waals surface area contributed by atoms with E-state index in [1.807, 2.05) is 97.1 Å². The Bertz CT molecular complexity index is 2190. The first kappa shape index (κ1) is 39.0. The second-order valence-corrected chi connectivity index (χ2v) is 16.1. The number of para-hydroxylation sites is 2. The molecule has 2 amide bonds. The lowest BCUT2D eigenvalue weighted by atomic mass is 10.1. The number of benzene rings is 4. The topological polar surface area (TPSA) is 87.7 Å². The van der Waals surface area contributed by atoms with Crippen molar-refractivity contribution >= 4 is 46.1 Å². The van der Waals surface area contributed by atoms with Gasteiger partial charge in [-0.05, 0) is 66.6 Å². The fourth-order valence-electron chi connectivity index (χ4n) is 6.58. The minimum absolute atomic E-state index is 0.174. The number of quaternary nitrogens is 2. The number of nitrogens with one attached hydrogen (secondary N) is 2. The van der Waals surface area contributed by atoms with Gasteiger partial charge in [-0.15, -0.1) is 0 Å². The summed E-state index contributed by atoms with van der Waals surface area (Å²) in [6.45, 7) is 5.51. The van der Waals surface area contributed by atoms with Crippen molar-refractivity contribution in [1.29, 1.82) is 0 Å². The van der Waals surface area contributed by atoms with Crippen molar-refractivity contribution in [2.24, 2.45) is 0 Å². The minimum Gasteiger partial charge on any atom is -0.439 e. The van der Waals surface area contributed by atoms with Crippen molar-refractivity contribution in [3.8, 4) is 5.75 Å². The van der Waals surface area contributed by atoms with Gasteiger partial charge in [-0.25, -0.2) is 0 Å². The van der Waals surface area contributed by atoms with Crippen LogP contribution in [0.2, 0.25) is 0 Å². The molecule has 4 aromatic carbocycles. The van der Waals surface area contributed by atoms with E-state index in [2.05, 4.69) is 81.5 Å². The summed E-state index contributed by atoms with van der Waals surface area (Å²) < 4.78 is 16.9. The molecule has 10 heteroatoms. The maximum atomic E-state index is 13.3. The fourth-order valence-corrected chi connectivity index (χ4v) is 6.58. The highest BCUT2D eigenvalue weighted by atomic mass is 16.5. The number of rotatable bonds is 15. The Balaban J connectivity index is 1.34. The number of amides is 2. The van der Waals surface area contributed by atoms with Gasteiger partial charge in [0.15, 0.2) is 12.3 Å². The Labute approximate surface area is 325 Å². The number of carbonyl (C=O) groups is 2. The first-order valence-electron chi connectivity index (χ1n) is 19.1. The maximum Gasteiger partial charge on any atom is 0.374 e. The maximum absolute atomic E-state index is 13.3. The number of oxazole rings is 1. The molecule has 2 N–H and O–H groups in total. The third-order valence-electron chi connectivity index (χ3n) is 9.50. The smallest absolute Gasteiger partial charge is 0.374 e. The van der Waals surface area contributed by atoms with Crippen molar-refractivity contribution in [2.45, 2.75) is 32.7 Å². The van der Waals surface area contributed by atoms with E-state index in [9.17, 15) is 9.59 Å². The third-order valence-corrected chi connectivity index (χ3v) is 9.50. The molecule has 0 atom stereocenters. The van der Waals surface area contributed by atoms with Gasteiger partial charge >= 0.3 is 5.89 Å². The van der Waals surface area contributed by atoms with Gasteiger partial charge in [-0.1, -0.05) is 43.3 Å². The molecule has 1 aromatic heterocycles. The summed E-state index contributed by atoms with van der Waals surface area (Å²) in [5.74, 6) is 1.78. The highest BCUT2D eigenvalue weighted by Crippen LogP contribution is 2.40. The van der Waals surface area contributed by atoms with Crippen LogP contribution >= 0.6 is 0 Å². The largest absolute Gasteiger partial charge is 0.439 e. The quantitative estimate of drug-likeness (QED) is 0.0840. The minimum atomic E-state index is -0.174. The summed E-state index contributed by atoms with van der Waals surface area (Å²) >= 11 is 0. The number of ether oxygens (including phenoxy) is 1. The normalized spacial score (nSPS) is 13.9. The van der Waals surface area contributed by atoms with E-state index in [1.165, 1.54) is 0 Å². The highest BCUT2D eigenvalue weighted by Gasteiger charge is 2.29. The van der Waals surface area contributed by atoms with Gasteiger partial charge in [0, 0.05) is 47.6 Å². The summed E-state index contributed by atoms with van der Waals surface area (Å²) in [6, 6.07) is 30.2. The molecule has 10 nitrogen and oxygen atoms in total. The van der Waals surface area contributed by atoms with Gasteiger partial charge in [0.2, 0.25) is 11.5 Å². The van der Waals surface area contributed by atoms with Crippen molar-refractivity contribution in [3.05, 3.63) is 132 Å². The van der Waals surface area contributed by atoms with E-state index in [0.29, 0.717) is 34.2 Å². The van der Waals surface area contributed by atoms with Crippen molar-refractivity contribution in [2.75, 3.05) is 77.5 Å². The number of aromatic nitrogens is 1. The van der Waals surface area contributed by atoms with Crippen LogP contribution in [0.3, 0.4) is 0 Å². The van der Waals surface area contributed by atoms with Gasteiger partial charge in [0.25, 0.3) is 17.3 Å². The summed E-state index contributed by atoms with van der Waals surface area (Å²) in [7, 11) is 13.1. The summed E-state index contributed by atoms with van der Waals surface area (Å²) in [5.41, 5.74) is 6.07. The van der Waals surface area contributed by atoms with Crippen LogP contribution in [0.1, 0.15) is 52.8 Å². The van der Waals surface area contributed by atoms with Crippen LogP contribution in [0.15, 0.2) is 119 Å². The van der Waals surface area contributed by atoms with Gasteiger partial charge < -0.3 is 33.7 Å². The number of carbonyl (C=O) groups excluding carboxylic acids is 2. The lowest BCUT2D eigenvalue weighted by Crippen LogP contribution is -2.41. The molecule has 5 aromatic rings. The zero-order valence-electron chi connectivity index (χ0n) is 33.3. The molecular formula is C45H55N6O4+3. The van der Waals surface area contributed by atoms with E-state index >= 15 is 0 Å². The summed E-state index contributed by atoms with van der Waals surface area (Å²) in [6.07, 6.45) is 6.73. The average Bonchev–Trinajstić information content (AvgIpc) is 3.66. The van der Waals surface area contributed by atoms with Crippen molar-refractivity contribution in [3.63, 3.8) is 0 Å². The molecule has 0 unspecified atom stereocenters. The molecule has 6 rings (SSSR count). The highest BCUT2D eigenvalue weighted by molar-refractivity contribution is 6.06. The Morgan fingerprint density at radius 3 is 1.93 bits per heavy atom. The lowest BCUT2D eigenvalue weighted by molar-refractivity contribution is -0.873. The van der Waals surface area contributed by atoms with Crippen LogP contribution in [-0.4, -0.2) is 82.7 Å². The Hall–Kier alpha value is -5.71. The molecule has 1 aliphatic rings. The van der Waals surface area contributed by atoms with Gasteiger partial charge in [0.1, 0.15) is 0 Å². The van der Waals surface area contributed by atoms with Crippen molar-refractivity contribution < 1.29 is 32.3 Å². The lowest BCUT2D eigenvalue weighted by Gasteiger charge is -2.26. The number of nitrogens with zero attached hydrogens (tertiary/aromatic N) is 4. The molecule has 1 aliphatic heterocycles. The molecule has 55 heavy (non-hydrogen) atoms. The molecule has 0 radical (unpaired) electrons. The van der Waals surface area contributed by atoms with Crippen LogP contribution in [0.5, 0.6) is 5.75 Å². The first-order valence-corrected chi connectivity index (χ1v) is 19.1. The fraction of sp³-hybridized carbons (Fsp3) is 0.311. The zero-order chi connectivity index (χ0) is 39.2. The van der Waals surface area contributed by atoms with E-state index in [1.54, 1.807) is 0 Å². The van der Waals surface area contributed by atoms with Gasteiger partial charge in [-0.2, -0.15) is 4.57 Å². The molecule has 0 saturated carbocycles. The summed E-state index contributed by atoms with van der Waals surface area (Å²) in [4.78, 5) is 28.8. The molecule has 0 fully saturated rings. The standard InChI is InChI=1S/C45H53N6O4/c1-8-33(29-42-48(25-15-27-50(2,3)4)38-31-34(21-23-40(38)54-42)44(52)46-36-17-11-9-12-18-36)30-43-49(26-16-28-51(5,6)7)39-32-35(22-24-41(39)55-43)45(53)47-37-19-13-10-14-20-37/h9-14,17-24,29-32H,8,15-16,25-28H2,1-7H3/q+1/p+2. The predicted molar refractivity (Wildman–Crippen MR) is 221 cm³/mol. The van der Waals surface area contributed by atoms with E-state index in [-0.39, 0.29) is 11.8 Å². The number of allylic oxidation sites excluding steroid dienone is 2. The molecule has 286 valence electrons. The third kappa shape index (κ3) is 10.3. The number of hydrogen-bond donors (Lipinski definition) is 2. The Kier molecular flexibility index (Phi) is 11.9. The first-order chi connectivity index (χ1) is 26.3. The second kappa shape index (κ2) is 16.8.